The SMILES string of the molecule is C=CCC(NCC)c1snnc1C. The van der Waals surface area contributed by atoms with Gasteiger partial charge in [-0.1, -0.05) is 17.5 Å². The molecule has 0 bridgehead atoms. The van der Waals surface area contributed by atoms with Gasteiger partial charge in [0.1, 0.15) is 0 Å². The zero-order valence-electron chi connectivity index (χ0n) is 8.08. The minimum atomic E-state index is 0.336. The highest BCUT2D eigenvalue weighted by Crippen LogP contribution is 2.22. The van der Waals surface area contributed by atoms with E-state index in [1.165, 1.54) is 16.4 Å². The summed E-state index contributed by atoms with van der Waals surface area (Å²) in [7, 11) is 0. The van der Waals surface area contributed by atoms with Crippen molar-refractivity contribution in [2.75, 3.05) is 6.54 Å². The number of hydrogen-bond acceptors (Lipinski definition) is 4. The molecule has 0 aliphatic carbocycles. The maximum absolute atomic E-state index is 4.00. The fourth-order valence-corrected chi connectivity index (χ4v) is 1.98. The summed E-state index contributed by atoms with van der Waals surface area (Å²) in [6, 6.07) is 0.336. The topological polar surface area (TPSA) is 37.8 Å². The van der Waals surface area contributed by atoms with E-state index in [1.807, 2.05) is 13.0 Å². The predicted octanol–water partition coefficient (Wildman–Crippen LogP) is 2.07. The molecule has 0 radical (unpaired) electrons. The third-order valence-electron chi connectivity index (χ3n) is 1.86. The molecule has 13 heavy (non-hydrogen) atoms. The zero-order valence-corrected chi connectivity index (χ0v) is 8.90. The quantitative estimate of drug-likeness (QED) is 0.734. The van der Waals surface area contributed by atoms with Crippen LogP contribution in [0.25, 0.3) is 0 Å². The molecular weight excluding hydrogens is 182 g/mol. The molecule has 1 N–H and O–H groups in total. The Kier molecular flexibility index (Phi) is 4.05. The maximum Gasteiger partial charge on any atom is 0.0772 e. The van der Waals surface area contributed by atoms with Crippen LogP contribution in [0.5, 0.6) is 0 Å². The van der Waals surface area contributed by atoms with Crippen LogP contribution in [0.1, 0.15) is 30.0 Å². The second-order valence-electron chi connectivity index (χ2n) is 2.86. The number of nitrogens with one attached hydrogen (secondary N) is 1. The summed E-state index contributed by atoms with van der Waals surface area (Å²) < 4.78 is 3.92. The Morgan fingerprint density at radius 3 is 2.92 bits per heavy atom. The van der Waals surface area contributed by atoms with Gasteiger partial charge in [-0.15, -0.1) is 11.7 Å². The molecular formula is C9H15N3S. The highest BCUT2D eigenvalue weighted by Gasteiger charge is 2.14. The van der Waals surface area contributed by atoms with Crippen molar-refractivity contribution in [1.82, 2.24) is 14.9 Å². The van der Waals surface area contributed by atoms with Gasteiger partial charge in [0.15, 0.2) is 0 Å². The molecule has 1 heterocycles. The van der Waals surface area contributed by atoms with Crippen molar-refractivity contribution in [3.63, 3.8) is 0 Å². The number of rotatable bonds is 5. The zero-order chi connectivity index (χ0) is 9.68. The van der Waals surface area contributed by atoms with E-state index in [0.717, 1.165) is 18.7 Å². The van der Waals surface area contributed by atoms with Gasteiger partial charge in [-0.05, 0) is 31.4 Å². The normalized spacial score (nSPS) is 12.8. The smallest absolute Gasteiger partial charge is 0.0772 e. The second kappa shape index (κ2) is 5.09. The first-order valence-electron chi connectivity index (χ1n) is 4.42. The van der Waals surface area contributed by atoms with Gasteiger partial charge >= 0.3 is 0 Å². The van der Waals surface area contributed by atoms with Crippen molar-refractivity contribution in [3.8, 4) is 0 Å². The molecule has 0 fully saturated rings. The molecule has 72 valence electrons. The molecule has 3 nitrogen and oxygen atoms in total. The Morgan fingerprint density at radius 2 is 2.46 bits per heavy atom. The molecule has 1 unspecified atom stereocenters. The molecule has 4 heteroatoms. The van der Waals surface area contributed by atoms with Crippen LogP contribution in [0, 0.1) is 6.92 Å². The van der Waals surface area contributed by atoms with E-state index in [4.69, 9.17) is 0 Å². The van der Waals surface area contributed by atoms with Crippen LogP contribution in [-0.4, -0.2) is 16.1 Å². The fourth-order valence-electron chi connectivity index (χ4n) is 1.25. The lowest BCUT2D eigenvalue weighted by atomic mass is 10.1. The van der Waals surface area contributed by atoms with Crippen molar-refractivity contribution >= 4 is 11.5 Å². The van der Waals surface area contributed by atoms with Crippen LogP contribution in [0.15, 0.2) is 12.7 Å². The lowest BCUT2D eigenvalue weighted by Crippen LogP contribution is -2.20. The first-order valence-corrected chi connectivity index (χ1v) is 5.20. The summed E-state index contributed by atoms with van der Waals surface area (Å²) in [6.45, 7) is 8.79. The summed E-state index contributed by atoms with van der Waals surface area (Å²) in [5, 5.41) is 7.38. The molecule has 1 rings (SSSR count). The van der Waals surface area contributed by atoms with Gasteiger partial charge in [-0.25, -0.2) is 0 Å². The number of aromatic nitrogens is 2. The van der Waals surface area contributed by atoms with E-state index in [1.54, 1.807) is 0 Å². The van der Waals surface area contributed by atoms with Gasteiger partial charge in [0, 0.05) is 6.04 Å². The van der Waals surface area contributed by atoms with Crippen molar-refractivity contribution < 1.29 is 0 Å². The maximum atomic E-state index is 4.00. The average Bonchev–Trinajstić information content (AvgIpc) is 2.51. The molecule has 1 aromatic heterocycles. The first kappa shape index (κ1) is 10.3. The number of hydrogen-bond donors (Lipinski definition) is 1. The third-order valence-corrected chi connectivity index (χ3v) is 2.80. The highest BCUT2D eigenvalue weighted by atomic mass is 32.1. The van der Waals surface area contributed by atoms with Crippen LogP contribution in [0.3, 0.4) is 0 Å². The molecule has 0 aromatic carbocycles. The largest absolute Gasteiger partial charge is 0.309 e. The summed E-state index contributed by atoms with van der Waals surface area (Å²) in [5.41, 5.74) is 1.03. The van der Waals surface area contributed by atoms with Gasteiger partial charge in [0.2, 0.25) is 0 Å². The Bertz CT molecular complexity index is 270. The Labute approximate surface area is 83.0 Å². The molecule has 0 saturated heterocycles. The predicted molar refractivity (Wildman–Crippen MR) is 55.9 cm³/mol. The van der Waals surface area contributed by atoms with Gasteiger partial charge in [0.25, 0.3) is 0 Å². The van der Waals surface area contributed by atoms with Crippen LogP contribution < -0.4 is 5.32 Å². The third kappa shape index (κ3) is 2.60. The second-order valence-corrected chi connectivity index (χ2v) is 3.64. The minimum absolute atomic E-state index is 0.336. The van der Waals surface area contributed by atoms with E-state index >= 15 is 0 Å². The molecule has 0 spiro atoms. The van der Waals surface area contributed by atoms with Crippen LogP contribution >= 0.6 is 11.5 Å². The lowest BCUT2D eigenvalue weighted by molar-refractivity contribution is 0.564. The Hall–Kier alpha value is -0.740. The lowest BCUT2D eigenvalue weighted by Gasteiger charge is -2.13. The molecule has 0 aliphatic heterocycles. The van der Waals surface area contributed by atoms with Crippen LogP contribution in [0.4, 0.5) is 0 Å². The van der Waals surface area contributed by atoms with Crippen molar-refractivity contribution in [2.24, 2.45) is 0 Å². The Morgan fingerprint density at radius 1 is 1.69 bits per heavy atom. The van der Waals surface area contributed by atoms with Gasteiger partial charge in [0.05, 0.1) is 10.6 Å². The monoisotopic (exact) mass is 197 g/mol. The summed E-state index contributed by atoms with van der Waals surface area (Å²) in [6.07, 6.45) is 2.85. The van der Waals surface area contributed by atoms with Crippen molar-refractivity contribution in [1.29, 1.82) is 0 Å². The molecule has 0 saturated carbocycles. The minimum Gasteiger partial charge on any atom is -0.309 e. The van der Waals surface area contributed by atoms with Crippen LogP contribution in [0.2, 0.25) is 0 Å². The Balaban J connectivity index is 2.74. The van der Waals surface area contributed by atoms with Crippen molar-refractivity contribution in [2.45, 2.75) is 26.3 Å². The van der Waals surface area contributed by atoms with Gasteiger partial charge in [-0.2, -0.15) is 0 Å². The van der Waals surface area contributed by atoms with E-state index in [2.05, 4.69) is 28.4 Å². The highest BCUT2D eigenvalue weighted by molar-refractivity contribution is 7.05. The van der Waals surface area contributed by atoms with E-state index < -0.39 is 0 Å². The van der Waals surface area contributed by atoms with E-state index in [0.29, 0.717) is 6.04 Å². The summed E-state index contributed by atoms with van der Waals surface area (Å²) in [4.78, 5) is 1.22. The standard InChI is InChI=1S/C9H15N3S/c1-4-6-8(10-5-2)9-7(3)11-12-13-9/h4,8,10H,1,5-6H2,2-3H3. The number of aryl methyl sites for hydroxylation is 1. The fraction of sp³-hybridized carbons (Fsp3) is 0.556. The van der Waals surface area contributed by atoms with E-state index in [9.17, 15) is 0 Å². The summed E-state index contributed by atoms with van der Waals surface area (Å²) in [5.74, 6) is 0. The first-order chi connectivity index (χ1) is 6.29. The van der Waals surface area contributed by atoms with Gasteiger partial charge in [-0.3, -0.25) is 0 Å². The average molecular weight is 197 g/mol. The van der Waals surface area contributed by atoms with E-state index in [-0.39, 0.29) is 0 Å². The van der Waals surface area contributed by atoms with Crippen molar-refractivity contribution in [3.05, 3.63) is 23.2 Å². The molecule has 1 atom stereocenters. The van der Waals surface area contributed by atoms with Gasteiger partial charge < -0.3 is 5.32 Å². The van der Waals surface area contributed by atoms with Crippen LogP contribution in [-0.2, 0) is 0 Å². The number of nitrogens with zero attached hydrogens (tertiary/aromatic N) is 2. The summed E-state index contributed by atoms with van der Waals surface area (Å²) >= 11 is 1.47. The molecule has 1 aromatic rings. The molecule has 0 amide bonds. The molecule has 0 aliphatic rings.